The Balaban J connectivity index is 1.64. The van der Waals surface area contributed by atoms with E-state index >= 15 is 0 Å². The third kappa shape index (κ3) is 5.73. The van der Waals surface area contributed by atoms with Gasteiger partial charge >= 0.3 is 0 Å². The Bertz CT molecular complexity index is 635. The number of nitrogens with zero attached hydrogens (tertiary/aromatic N) is 3. The fraction of sp³-hybridized carbons (Fsp3) is 0.412. The van der Waals surface area contributed by atoms with Crippen molar-refractivity contribution in [1.29, 1.82) is 0 Å². The van der Waals surface area contributed by atoms with Gasteiger partial charge in [-0.25, -0.2) is 4.39 Å². The van der Waals surface area contributed by atoms with E-state index in [9.17, 15) is 4.39 Å². The molecule has 0 radical (unpaired) electrons. The molecule has 1 heterocycles. The lowest BCUT2D eigenvalue weighted by atomic mass is 10.1. The topological polar surface area (TPSA) is 54.2 Å². The van der Waals surface area contributed by atoms with E-state index in [4.69, 9.17) is 0 Å². The lowest BCUT2D eigenvalue weighted by molar-refractivity contribution is 0.569. The van der Waals surface area contributed by atoms with Crippen molar-refractivity contribution in [2.75, 3.05) is 20.1 Å². The molecule has 5 nitrogen and oxygen atoms in total. The molecule has 23 heavy (non-hydrogen) atoms. The fourth-order valence-corrected chi connectivity index (χ4v) is 2.27. The van der Waals surface area contributed by atoms with Gasteiger partial charge in [0.15, 0.2) is 5.96 Å². The Morgan fingerprint density at radius 2 is 2.04 bits per heavy atom. The molecule has 2 N–H and O–H groups in total. The molecule has 0 spiro atoms. The van der Waals surface area contributed by atoms with Crippen LogP contribution in [0.5, 0.6) is 0 Å². The number of aliphatic imine (C=N–C) groups is 1. The molecule has 6 heteroatoms. The van der Waals surface area contributed by atoms with Gasteiger partial charge in [0, 0.05) is 32.9 Å². The summed E-state index contributed by atoms with van der Waals surface area (Å²) in [7, 11) is 1.73. The van der Waals surface area contributed by atoms with Gasteiger partial charge in [0.1, 0.15) is 5.82 Å². The van der Waals surface area contributed by atoms with Crippen molar-refractivity contribution in [1.82, 2.24) is 20.4 Å². The number of benzene rings is 1. The Hall–Kier alpha value is -2.37. The summed E-state index contributed by atoms with van der Waals surface area (Å²) in [4.78, 5) is 4.17. The molecule has 2 aromatic rings. The van der Waals surface area contributed by atoms with E-state index in [1.165, 1.54) is 11.6 Å². The van der Waals surface area contributed by atoms with E-state index in [-0.39, 0.29) is 5.82 Å². The van der Waals surface area contributed by atoms with Crippen LogP contribution in [0.1, 0.15) is 17.5 Å². The maximum Gasteiger partial charge on any atom is 0.190 e. The molecule has 0 aliphatic rings. The second-order valence-corrected chi connectivity index (χ2v) is 5.40. The van der Waals surface area contributed by atoms with Crippen molar-refractivity contribution >= 4 is 5.96 Å². The minimum atomic E-state index is -0.160. The lowest BCUT2D eigenvalue weighted by Crippen LogP contribution is -2.39. The van der Waals surface area contributed by atoms with Gasteiger partial charge < -0.3 is 10.6 Å². The van der Waals surface area contributed by atoms with Crippen LogP contribution < -0.4 is 10.6 Å². The van der Waals surface area contributed by atoms with Crippen molar-refractivity contribution in [3.05, 3.63) is 53.6 Å². The molecule has 0 saturated carbocycles. The van der Waals surface area contributed by atoms with Gasteiger partial charge in [-0.2, -0.15) is 5.10 Å². The fourth-order valence-electron chi connectivity index (χ4n) is 2.27. The molecular formula is C17H24FN5. The summed E-state index contributed by atoms with van der Waals surface area (Å²) in [5, 5.41) is 10.7. The number of halogens is 1. The normalized spacial score (nSPS) is 11.5. The largest absolute Gasteiger partial charge is 0.356 e. The summed E-state index contributed by atoms with van der Waals surface area (Å²) in [6, 6.07) is 6.84. The average Bonchev–Trinajstić information content (AvgIpc) is 2.97. The molecule has 1 aromatic carbocycles. The summed E-state index contributed by atoms with van der Waals surface area (Å²) in [6.45, 7) is 4.34. The molecule has 0 aliphatic heterocycles. The van der Waals surface area contributed by atoms with Gasteiger partial charge in [-0.15, -0.1) is 0 Å². The molecule has 124 valence electrons. The molecule has 2 rings (SSSR count). The second kappa shape index (κ2) is 8.92. The molecule has 0 amide bonds. The van der Waals surface area contributed by atoms with E-state index in [2.05, 4.69) is 20.7 Å². The molecule has 0 saturated heterocycles. The highest BCUT2D eigenvalue weighted by atomic mass is 19.1. The molecule has 0 unspecified atom stereocenters. The maximum atomic E-state index is 13.5. The molecule has 1 aromatic heterocycles. The highest BCUT2D eigenvalue weighted by Crippen LogP contribution is 2.06. The van der Waals surface area contributed by atoms with Crippen LogP contribution in [0.2, 0.25) is 0 Å². The van der Waals surface area contributed by atoms with E-state index in [0.717, 1.165) is 25.5 Å². The van der Waals surface area contributed by atoms with Crippen LogP contribution in [-0.2, 0) is 13.0 Å². The van der Waals surface area contributed by atoms with Crippen LogP contribution in [0.15, 0.2) is 41.7 Å². The maximum absolute atomic E-state index is 13.5. The first kappa shape index (κ1) is 17.0. The van der Waals surface area contributed by atoms with Gasteiger partial charge in [-0.3, -0.25) is 9.67 Å². The van der Waals surface area contributed by atoms with E-state index in [0.29, 0.717) is 18.5 Å². The average molecular weight is 317 g/mol. The van der Waals surface area contributed by atoms with Gasteiger partial charge in [0.05, 0.1) is 6.20 Å². The SMILES string of the molecule is CN=C(NCCCn1cc(C)cn1)NCCc1ccccc1F. The van der Waals surface area contributed by atoms with Crippen molar-refractivity contribution in [3.8, 4) is 0 Å². The van der Waals surface area contributed by atoms with Gasteiger partial charge in [0.25, 0.3) is 0 Å². The van der Waals surface area contributed by atoms with Gasteiger partial charge in [-0.1, -0.05) is 18.2 Å². The zero-order valence-electron chi connectivity index (χ0n) is 13.7. The van der Waals surface area contributed by atoms with Crippen LogP contribution in [0.4, 0.5) is 4.39 Å². The van der Waals surface area contributed by atoms with E-state index < -0.39 is 0 Å². The van der Waals surface area contributed by atoms with Crippen molar-refractivity contribution in [3.63, 3.8) is 0 Å². The van der Waals surface area contributed by atoms with Crippen molar-refractivity contribution in [2.45, 2.75) is 26.3 Å². The number of guanidine groups is 1. The van der Waals surface area contributed by atoms with Gasteiger partial charge in [-0.05, 0) is 37.0 Å². The Labute approximate surface area is 136 Å². The number of rotatable bonds is 7. The standard InChI is InChI=1S/C17H24FN5/c1-14-12-22-23(13-14)11-5-9-20-17(19-2)21-10-8-15-6-3-4-7-16(15)18/h3-4,6-7,12-13H,5,8-11H2,1-2H3,(H2,19,20,21). The first-order valence-corrected chi connectivity index (χ1v) is 7.86. The van der Waals surface area contributed by atoms with E-state index in [1.807, 2.05) is 30.1 Å². The zero-order chi connectivity index (χ0) is 16.5. The van der Waals surface area contributed by atoms with Crippen LogP contribution in [-0.4, -0.2) is 35.9 Å². The minimum Gasteiger partial charge on any atom is -0.356 e. The summed E-state index contributed by atoms with van der Waals surface area (Å²) in [5.74, 6) is 0.574. The minimum absolute atomic E-state index is 0.160. The van der Waals surface area contributed by atoms with Crippen LogP contribution >= 0.6 is 0 Å². The zero-order valence-corrected chi connectivity index (χ0v) is 13.7. The predicted molar refractivity (Wildman–Crippen MR) is 91.0 cm³/mol. The molecule has 0 fully saturated rings. The Morgan fingerprint density at radius 3 is 2.74 bits per heavy atom. The first-order chi connectivity index (χ1) is 11.2. The van der Waals surface area contributed by atoms with Crippen LogP contribution in [0.25, 0.3) is 0 Å². The Kier molecular flexibility index (Phi) is 6.59. The second-order valence-electron chi connectivity index (χ2n) is 5.40. The first-order valence-electron chi connectivity index (χ1n) is 7.86. The third-order valence-corrected chi connectivity index (χ3v) is 3.49. The summed E-state index contributed by atoms with van der Waals surface area (Å²) < 4.78 is 15.5. The monoisotopic (exact) mass is 317 g/mol. The number of hydrogen-bond acceptors (Lipinski definition) is 2. The number of aryl methyl sites for hydroxylation is 2. The lowest BCUT2D eigenvalue weighted by Gasteiger charge is -2.12. The summed E-state index contributed by atoms with van der Waals surface area (Å²) >= 11 is 0. The van der Waals surface area contributed by atoms with Crippen LogP contribution in [0.3, 0.4) is 0 Å². The number of aromatic nitrogens is 2. The molecule has 0 atom stereocenters. The number of hydrogen-bond donors (Lipinski definition) is 2. The molecule has 0 aliphatic carbocycles. The van der Waals surface area contributed by atoms with E-state index in [1.54, 1.807) is 19.2 Å². The smallest absolute Gasteiger partial charge is 0.190 e. The van der Waals surface area contributed by atoms with Gasteiger partial charge in [0.2, 0.25) is 0 Å². The third-order valence-electron chi connectivity index (χ3n) is 3.49. The molecule has 0 bridgehead atoms. The highest BCUT2D eigenvalue weighted by Gasteiger charge is 2.02. The van der Waals surface area contributed by atoms with Crippen LogP contribution in [0, 0.1) is 12.7 Å². The highest BCUT2D eigenvalue weighted by molar-refractivity contribution is 5.79. The molecular weight excluding hydrogens is 293 g/mol. The quantitative estimate of drug-likeness (QED) is 0.467. The number of nitrogens with one attached hydrogen (secondary N) is 2. The van der Waals surface area contributed by atoms with Crippen molar-refractivity contribution in [2.24, 2.45) is 4.99 Å². The summed E-state index contributed by atoms with van der Waals surface area (Å²) in [6.07, 6.45) is 5.47. The van der Waals surface area contributed by atoms with Crippen molar-refractivity contribution < 1.29 is 4.39 Å². The predicted octanol–water partition coefficient (Wildman–Crippen LogP) is 2.13. The summed E-state index contributed by atoms with van der Waals surface area (Å²) in [5.41, 5.74) is 1.88. The Morgan fingerprint density at radius 1 is 1.26 bits per heavy atom.